The van der Waals surface area contributed by atoms with E-state index in [-0.39, 0.29) is 5.75 Å². The van der Waals surface area contributed by atoms with Gasteiger partial charge in [-0.2, -0.15) is 5.10 Å². The summed E-state index contributed by atoms with van der Waals surface area (Å²) in [5.74, 6) is 0.839. The van der Waals surface area contributed by atoms with Gasteiger partial charge in [0.1, 0.15) is 0 Å². The highest BCUT2D eigenvalue weighted by atomic mass is 16.5. The van der Waals surface area contributed by atoms with E-state index in [0.717, 1.165) is 18.7 Å². The maximum atomic E-state index is 9.90. The second-order valence-corrected chi connectivity index (χ2v) is 5.02. The van der Waals surface area contributed by atoms with Crippen molar-refractivity contribution in [3.05, 3.63) is 35.2 Å². The van der Waals surface area contributed by atoms with Crippen LogP contribution in [0.15, 0.2) is 18.3 Å². The van der Waals surface area contributed by atoms with E-state index in [2.05, 4.69) is 24.3 Å². The van der Waals surface area contributed by atoms with E-state index in [1.165, 1.54) is 25.5 Å². The van der Waals surface area contributed by atoms with E-state index in [4.69, 9.17) is 9.47 Å². The smallest absolute Gasteiger partial charge is 0.200 e. The van der Waals surface area contributed by atoms with Crippen molar-refractivity contribution in [1.82, 2.24) is 15.1 Å². The van der Waals surface area contributed by atoms with E-state index < -0.39 is 0 Å². The van der Waals surface area contributed by atoms with E-state index in [9.17, 15) is 5.11 Å². The van der Waals surface area contributed by atoms with Gasteiger partial charge < -0.3 is 19.9 Å². The Morgan fingerprint density at radius 2 is 1.82 bits per heavy atom. The molecule has 22 heavy (non-hydrogen) atoms. The van der Waals surface area contributed by atoms with Crippen LogP contribution in [0.2, 0.25) is 0 Å². The lowest BCUT2D eigenvalue weighted by Gasteiger charge is -2.12. The van der Waals surface area contributed by atoms with Crippen LogP contribution in [-0.4, -0.2) is 29.1 Å². The molecule has 0 spiro atoms. The molecule has 6 heteroatoms. The molecular weight excluding hydrogens is 282 g/mol. The highest BCUT2D eigenvalue weighted by Crippen LogP contribution is 2.37. The van der Waals surface area contributed by atoms with Gasteiger partial charge in [0.05, 0.1) is 20.4 Å². The number of aromatic nitrogens is 2. The Labute approximate surface area is 130 Å². The number of hydrogen-bond acceptors (Lipinski definition) is 5. The maximum absolute atomic E-state index is 9.90. The normalized spacial score (nSPS) is 10.7. The van der Waals surface area contributed by atoms with Gasteiger partial charge in [0.2, 0.25) is 5.75 Å². The van der Waals surface area contributed by atoms with Gasteiger partial charge in [0, 0.05) is 30.9 Å². The molecule has 1 aromatic carbocycles. The summed E-state index contributed by atoms with van der Waals surface area (Å²) in [6.07, 6.45) is 1.89. The van der Waals surface area contributed by atoms with Crippen LogP contribution in [0.1, 0.15) is 23.7 Å². The van der Waals surface area contributed by atoms with Crippen molar-refractivity contribution in [2.75, 3.05) is 14.2 Å². The molecule has 0 unspecified atom stereocenters. The maximum Gasteiger partial charge on any atom is 0.200 e. The van der Waals surface area contributed by atoms with Crippen molar-refractivity contribution in [1.29, 1.82) is 0 Å². The van der Waals surface area contributed by atoms with Crippen LogP contribution in [0.4, 0.5) is 0 Å². The summed E-state index contributed by atoms with van der Waals surface area (Å²) in [5.41, 5.74) is 3.34. The van der Waals surface area contributed by atoms with Crippen LogP contribution in [0.25, 0.3) is 0 Å². The number of benzene rings is 1. The van der Waals surface area contributed by atoms with Crippen molar-refractivity contribution < 1.29 is 14.6 Å². The molecule has 0 bridgehead atoms. The lowest BCUT2D eigenvalue weighted by Crippen LogP contribution is -2.13. The standard InChI is InChI=1S/C16H23N3O3/c1-5-19-11(2)13(10-18-19)9-17-8-12-6-14(21-3)16(20)15(7-12)22-4/h6-7,10,17,20H,5,8-9H2,1-4H3. The van der Waals surface area contributed by atoms with E-state index in [1.54, 1.807) is 12.1 Å². The summed E-state index contributed by atoms with van der Waals surface area (Å²) in [4.78, 5) is 0. The first-order valence-electron chi connectivity index (χ1n) is 7.26. The van der Waals surface area contributed by atoms with Gasteiger partial charge >= 0.3 is 0 Å². The fourth-order valence-electron chi connectivity index (χ4n) is 2.37. The zero-order valence-corrected chi connectivity index (χ0v) is 13.5. The third kappa shape index (κ3) is 3.33. The Bertz CT molecular complexity index is 613. The van der Waals surface area contributed by atoms with E-state index in [0.29, 0.717) is 18.0 Å². The zero-order chi connectivity index (χ0) is 16.1. The second kappa shape index (κ2) is 7.17. The first-order chi connectivity index (χ1) is 10.6. The van der Waals surface area contributed by atoms with Crippen molar-refractivity contribution in [3.63, 3.8) is 0 Å². The van der Waals surface area contributed by atoms with Gasteiger partial charge in [-0.1, -0.05) is 0 Å². The molecule has 1 heterocycles. The van der Waals surface area contributed by atoms with Crippen molar-refractivity contribution in [3.8, 4) is 17.2 Å². The monoisotopic (exact) mass is 305 g/mol. The molecule has 1 aromatic heterocycles. The molecule has 0 aliphatic carbocycles. The van der Waals surface area contributed by atoms with Crippen molar-refractivity contribution in [2.45, 2.75) is 33.5 Å². The molecular formula is C16H23N3O3. The molecule has 0 fully saturated rings. The molecule has 0 atom stereocenters. The predicted octanol–water partition coefficient (Wildman–Crippen LogP) is 2.22. The predicted molar refractivity (Wildman–Crippen MR) is 84.4 cm³/mol. The van der Waals surface area contributed by atoms with Crippen LogP contribution in [0.5, 0.6) is 17.2 Å². The fourth-order valence-corrected chi connectivity index (χ4v) is 2.37. The van der Waals surface area contributed by atoms with Crippen molar-refractivity contribution >= 4 is 0 Å². The molecule has 0 saturated carbocycles. The Balaban J connectivity index is 2.03. The summed E-state index contributed by atoms with van der Waals surface area (Å²) in [5, 5.41) is 17.6. The van der Waals surface area contributed by atoms with Gasteiger partial charge in [-0.05, 0) is 31.5 Å². The third-order valence-corrected chi connectivity index (χ3v) is 3.69. The van der Waals surface area contributed by atoms with Crippen LogP contribution in [-0.2, 0) is 19.6 Å². The highest BCUT2D eigenvalue weighted by molar-refractivity contribution is 5.52. The number of nitrogens with zero attached hydrogens (tertiary/aromatic N) is 2. The molecule has 0 radical (unpaired) electrons. The van der Waals surface area contributed by atoms with Gasteiger partial charge in [-0.15, -0.1) is 0 Å². The number of phenolic OH excluding ortho intramolecular Hbond substituents is 1. The number of rotatable bonds is 7. The van der Waals surface area contributed by atoms with Crippen LogP contribution in [0, 0.1) is 6.92 Å². The molecule has 0 aliphatic rings. The summed E-state index contributed by atoms with van der Waals surface area (Å²) in [7, 11) is 3.04. The number of nitrogens with one attached hydrogen (secondary N) is 1. The molecule has 2 rings (SSSR count). The third-order valence-electron chi connectivity index (χ3n) is 3.69. The fraction of sp³-hybridized carbons (Fsp3) is 0.438. The van der Waals surface area contributed by atoms with Crippen molar-refractivity contribution in [2.24, 2.45) is 0 Å². The van der Waals surface area contributed by atoms with Gasteiger partial charge in [0.25, 0.3) is 0 Å². The first kappa shape index (κ1) is 16.2. The van der Waals surface area contributed by atoms with Crippen LogP contribution in [0.3, 0.4) is 0 Å². The molecule has 2 N–H and O–H groups in total. The Morgan fingerprint density at radius 3 is 2.32 bits per heavy atom. The number of hydrogen-bond donors (Lipinski definition) is 2. The van der Waals surface area contributed by atoms with Crippen LogP contribution < -0.4 is 14.8 Å². The molecule has 0 aliphatic heterocycles. The van der Waals surface area contributed by atoms with E-state index in [1.807, 2.05) is 10.9 Å². The Morgan fingerprint density at radius 1 is 1.18 bits per heavy atom. The highest BCUT2D eigenvalue weighted by Gasteiger charge is 2.11. The van der Waals surface area contributed by atoms with Crippen LogP contribution >= 0.6 is 0 Å². The van der Waals surface area contributed by atoms with E-state index >= 15 is 0 Å². The number of phenols is 1. The summed E-state index contributed by atoms with van der Waals surface area (Å²) >= 11 is 0. The number of aryl methyl sites for hydroxylation is 1. The lowest BCUT2D eigenvalue weighted by atomic mass is 10.1. The Kier molecular flexibility index (Phi) is 5.27. The Hall–Kier alpha value is -2.21. The topological polar surface area (TPSA) is 68.5 Å². The minimum Gasteiger partial charge on any atom is -0.502 e. The second-order valence-electron chi connectivity index (χ2n) is 5.02. The molecule has 0 amide bonds. The lowest BCUT2D eigenvalue weighted by molar-refractivity contribution is 0.339. The number of methoxy groups -OCH3 is 2. The SMILES string of the molecule is CCn1ncc(CNCc2cc(OC)c(O)c(OC)c2)c1C. The summed E-state index contributed by atoms with van der Waals surface area (Å²) < 4.78 is 12.3. The largest absolute Gasteiger partial charge is 0.502 e. The molecule has 2 aromatic rings. The minimum atomic E-state index is 0.0221. The summed E-state index contributed by atoms with van der Waals surface area (Å²) in [6.45, 7) is 6.39. The van der Waals surface area contributed by atoms with Gasteiger partial charge in [0.15, 0.2) is 11.5 Å². The average molecular weight is 305 g/mol. The molecule has 120 valence electrons. The number of aromatic hydroxyl groups is 1. The minimum absolute atomic E-state index is 0.0221. The quantitative estimate of drug-likeness (QED) is 0.821. The first-order valence-corrected chi connectivity index (χ1v) is 7.26. The van der Waals surface area contributed by atoms with Gasteiger partial charge in [-0.3, -0.25) is 4.68 Å². The average Bonchev–Trinajstić information content (AvgIpc) is 2.89. The number of ether oxygens (including phenoxy) is 2. The molecule has 0 saturated heterocycles. The zero-order valence-electron chi connectivity index (χ0n) is 13.5. The van der Waals surface area contributed by atoms with Gasteiger partial charge in [-0.25, -0.2) is 0 Å². The molecule has 6 nitrogen and oxygen atoms in total. The summed E-state index contributed by atoms with van der Waals surface area (Å²) in [6, 6.07) is 3.60.